The van der Waals surface area contributed by atoms with Crippen LogP contribution in [0, 0.1) is 5.92 Å². The summed E-state index contributed by atoms with van der Waals surface area (Å²) in [6, 6.07) is 0. The molecule has 1 aliphatic heterocycles. The zero-order valence-electron chi connectivity index (χ0n) is 9.75. The van der Waals surface area contributed by atoms with Crippen LogP contribution in [0.4, 0.5) is 0 Å². The highest BCUT2D eigenvalue weighted by Crippen LogP contribution is 2.18. The molecule has 2 N–H and O–H groups in total. The SMILES string of the molecule is COCC1CCN(CC(C)(C)N)CC1. The molecule has 0 aromatic rings. The Morgan fingerprint density at radius 2 is 1.93 bits per heavy atom. The van der Waals surface area contributed by atoms with Crippen molar-refractivity contribution in [3.63, 3.8) is 0 Å². The van der Waals surface area contributed by atoms with Gasteiger partial charge in [0.1, 0.15) is 0 Å². The number of hydrogen-bond donors (Lipinski definition) is 1. The molecule has 0 aromatic carbocycles. The molecular formula is C11H24N2O. The van der Waals surface area contributed by atoms with Gasteiger partial charge in [-0.15, -0.1) is 0 Å². The summed E-state index contributed by atoms with van der Waals surface area (Å²) in [5.74, 6) is 0.761. The molecule has 0 bridgehead atoms. The van der Waals surface area contributed by atoms with Gasteiger partial charge in [0.25, 0.3) is 0 Å². The van der Waals surface area contributed by atoms with Gasteiger partial charge < -0.3 is 15.4 Å². The molecule has 0 saturated carbocycles. The van der Waals surface area contributed by atoms with Gasteiger partial charge in [0.2, 0.25) is 0 Å². The van der Waals surface area contributed by atoms with Crippen molar-refractivity contribution >= 4 is 0 Å². The van der Waals surface area contributed by atoms with Gasteiger partial charge in [-0.3, -0.25) is 0 Å². The largest absolute Gasteiger partial charge is 0.384 e. The Morgan fingerprint density at radius 1 is 1.36 bits per heavy atom. The fraction of sp³-hybridized carbons (Fsp3) is 1.00. The Morgan fingerprint density at radius 3 is 2.36 bits per heavy atom. The van der Waals surface area contributed by atoms with Gasteiger partial charge in [-0.25, -0.2) is 0 Å². The first-order valence-electron chi connectivity index (χ1n) is 5.51. The van der Waals surface area contributed by atoms with Crippen molar-refractivity contribution in [2.45, 2.75) is 32.2 Å². The monoisotopic (exact) mass is 200 g/mol. The Balaban J connectivity index is 2.22. The minimum Gasteiger partial charge on any atom is -0.384 e. The van der Waals surface area contributed by atoms with Gasteiger partial charge in [0.05, 0.1) is 0 Å². The van der Waals surface area contributed by atoms with E-state index in [1.807, 2.05) is 0 Å². The predicted molar refractivity (Wildman–Crippen MR) is 59.3 cm³/mol. The Hall–Kier alpha value is -0.120. The summed E-state index contributed by atoms with van der Waals surface area (Å²) in [7, 11) is 1.79. The summed E-state index contributed by atoms with van der Waals surface area (Å²) in [4.78, 5) is 2.46. The van der Waals surface area contributed by atoms with Crippen LogP contribution in [0.15, 0.2) is 0 Å². The van der Waals surface area contributed by atoms with Gasteiger partial charge in [0, 0.05) is 25.8 Å². The molecule has 0 aromatic heterocycles. The van der Waals surface area contributed by atoms with Crippen molar-refractivity contribution in [2.75, 3.05) is 33.4 Å². The van der Waals surface area contributed by atoms with Crippen molar-refractivity contribution in [3.8, 4) is 0 Å². The van der Waals surface area contributed by atoms with E-state index in [2.05, 4.69) is 18.7 Å². The van der Waals surface area contributed by atoms with Crippen LogP contribution < -0.4 is 5.73 Å². The lowest BCUT2D eigenvalue weighted by molar-refractivity contribution is 0.0920. The fourth-order valence-electron chi connectivity index (χ4n) is 2.12. The number of ether oxygens (including phenoxy) is 1. The van der Waals surface area contributed by atoms with E-state index in [1.165, 1.54) is 25.9 Å². The lowest BCUT2D eigenvalue weighted by Crippen LogP contribution is -2.48. The Kier molecular flexibility index (Phi) is 4.35. The second kappa shape index (κ2) is 5.10. The van der Waals surface area contributed by atoms with Crippen molar-refractivity contribution in [1.29, 1.82) is 0 Å². The van der Waals surface area contributed by atoms with E-state index >= 15 is 0 Å². The quantitative estimate of drug-likeness (QED) is 0.738. The van der Waals surface area contributed by atoms with Gasteiger partial charge in [-0.1, -0.05) is 0 Å². The summed E-state index contributed by atoms with van der Waals surface area (Å²) in [6.45, 7) is 8.46. The first-order chi connectivity index (χ1) is 6.51. The molecular weight excluding hydrogens is 176 g/mol. The topological polar surface area (TPSA) is 38.5 Å². The number of hydrogen-bond acceptors (Lipinski definition) is 3. The van der Waals surface area contributed by atoms with E-state index in [0.29, 0.717) is 0 Å². The van der Waals surface area contributed by atoms with E-state index in [-0.39, 0.29) is 5.54 Å². The first-order valence-corrected chi connectivity index (χ1v) is 5.51. The van der Waals surface area contributed by atoms with Crippen LogP contribution in [-0.2, 0) is 4.74 Å². The minimum atomic E-state index is -0.0614. The van der Waals surface area contributed by atoms with Crippen LogP contribution in [0.25, 0.3) is 0 Å². The van der Waals surface area contributed by atoms with Gasteiger partial charge in [-0.2, -0.15) is 0 Å². The van der Waals surface area contributed by atoms with Crippen molar-refractivity contribution in [3.05, 3.63) is 0 Å². The van der Waals surface area contributed by atoms with Gasteiger partial charge in [0.15, 0.2) is 0 Å². The highest BCUT2D eigenvalue weighted by Gasteiger charge is 2.22. The van der Waals surface area contributed by atoms with Crippen LogP contribution in [-0.4, -0.2) is 43.8 Å². The molecule has 0 spiro atoms. The molecule has 3 nitrogen and oxygen atoms in total. The van der Waals surface area contributed by atoms with E-state index in [0.717, 1.165) is 19.1 Å². The molecule has 3 heteroatoms. The van der Waals surface area contributed by atoms with E-state index in [1.54, 1.807) is 7.11 Å². The van der Waals surface area contributed by atoms with Crippen LogP contribution in [0.3, 0.4) is 0 Å². The average molecular weight is 200 g/mol. The predicted octanol–water partition coefficient (Wildman–Crippen LogP) is 1.08. The maximum atomic E-state index is 5.99. The Labute approximate surface area is 87.6 Å². The normalized spacial score (nSPS) is 21.4. The molecule has 1 heterocycles. The molecule has 1 rings (SSSR count). The molecule has 0 atom stereocenters. The Bertz CT molecular complexity index is 157. The summed E-state index contributed by atoms with van der Waals surface area (Å²) < 4.78 is 5.17. The lowest BCUT2D eigenvalue weighted by atomic mass is 9.96. The van der Waals surface area contributed by atoms with Crippen molar-refractivity contribution in [1.82, 2.24) is 4.90 Å². The van der Waals surface area contributed by atoms with E-state index in [9.17, 15) is 0 Å². The number of likely N-dealkylation sites (tertiary alicyclic amines) is 1. The lowest BCUT2D eigenvalue weighted by Gasteiger charge is -2.35. The second-order valence-corrected chi connectivity index (χ2v) is 5.16. The smallest absolute Gasteiger partial charge is 0.0491 e. The highest BCUT2D eigenvalue weighted by atomic mass is 16.5. The molecule has 1 saturated heterocycles. The van der Waals surface area contributed by atoms with Crippen LogP contribution in [0.2, 0.25) is 0 Å². The number of rotatable bonds is 4. The number of nitrogens with zero attached hydrogens (tertiary/aromatic N) is 1. The molecule has 1 fully saturated rings. The summed E-state index contributed by atoms with van der Waals surface area (Å²) >= 11 is 0. The van der Waals surface area contributed by atoms with Gasteiger partial charge >= 0.3 is 0 Å². The fourth-order valence-corrected chi connectivity index (χ4v) is 2.12. The van der Waals surface area contributed by atoms with Crippen molar-refractivity contribution in [2.24, 2.45) is 11.7 Å². The number of methoxy groups -OCH3 is 1. The third-order valence-corrected chi connectivity index (χ3v) is 2.74. The number of nitrogens with two attached hydrogens (primary N) is 1. The molecule has 0 unspecified atom stereocenters. The minimum absolute atomic E-state index is 0.0614. The third kappa shape index (κ3) is 4.40. The second-order valence-electron chi connectivity index (χ2n) is 5.16. The summed E-state index contributed by atoms with van der Waals surface area (Å²) in [5.41, 5.74) is 5.93. The van der Waals surface area contributed by atoms with E-state index in [4.69, 9.17) is 10.5 Å². The van der Waals surface area contributed by atoms with Crippen molar-refractivity contribution < 1.29 is 4.74 Å². The standard InChI is InChI=1S/C11H24N2O/c1-11(2,12)9-13-6-4-10(5-7-13)8-14-3/h10H,4-9,12H2,1-3H3. The van der Waals surface area contributed by atoms with Crippen LogP contribution in [0.1, 0.15) is 26.7 Å². The maximum absolute atomic E-state index is 5.99. The summed E-state index contributed by atoms with van der Waals surface area (Å²) in [5, 5.41) is 0. The molecule has 1 aliphatic rings. The molecule has 0 radical (unpaired) electrons. The average Bonchev–Trinajstić information content (AvgIpc) is 2.06. The molecule has 0 aliphatic carbocycles. The molecule has 84 valence electrons. The third-order valence-electron chi connectivity index (χ3n) is 2.74. The summed E-state index contributed by atoms with van der Waals surface area (Å²) in [6.07, 6.45) is 2.51. The van der Waals surface area contributed by atoms with Crippen LogP contribution >= 0.6 is 0 Å². The zero-order valence-corrected chi connectivity index (χ0v) is 9.75. The maximum Gasteiger partial charge on any atom is 0.0491 e. The first kappa shape index (κ1) is 12.0. The zero-order chi connectivity index (χ0) is 10.6. The van der Waals surface area contributed by atoms with Crippen LogP contribution in [0.5, 0.6) is 0 Å². The molecule has 14 heavy (non-hydrogen) atoms. The highest BCUT2D eigenvalue weighted by molar-refractivity contribution is 4.80. The van der Waals surface area contributed by atoms with Gasteiger partial charge in [-0.05, 0) is 45.7 Å². The van der Waals surface area contributed by atoms with E-state index < -0.39 is 0 Å². The number of piperidine rings is 1. The molecule has 0 amide bonds.